The van der Waals surface area contributed by atoms with E-state index < -0.39 is 0 Å². The maximum absolute atomic E-state index is 11.8. The summed E-state index contributed by atoms with van der Waals surface area (Å²) in [5.41, 5.74) is 2.80. The Bertz CT molecular complexity index is 564. The van der Waals surface area contributed by atoms with E-state index >= 15 is 0 Å². The Morgan fingerprint density at radius 2 is 1.50 bits per heavy atom. The summed E-state index contributed by atoms with van der Waals surface area (Å²) in [4.78, 5) is 11.8. The van der Waals surface area contributed by atoms with Crippen LogP contribution in [0.15, 0.2) is 48.5 Å². The molecule has 0 spiro atoms. The van der Waals surface area contributed by atoms with Crippen LogP contribution in [0.25, 0.3) is 0 Å². The first-order valence-electron chi connectivity index (χ1n) is 6.37. The maximum Gasteiger partial charge on any atom is 0.224 e. The zero-order valence-corrected chi connectivity index (χ0v) is 11.7. The van der Waals surface area contributed by atoms with Crippen LogP contribution < -0.4 is 5.32 Å². The lowest BCUT2D eigenvalue weighted by molar-refractivity contribution is -0.120. The van der Waals surface area contributed by atoms with Crippen LogP contribution in [0, 0.1) is 0 Å². The number of benzene rings is 2. The number of aliphatic hydroxyl groups is 1. The van der Waals surface area contributed by atoms with Crippen LogP contribution in [0.4, 0.5) is 0 Å². The quantitative estimate of drug-likeness (QED) is 0.889. The lowest BCUT2D eigenvalue weighted by Gasteiger charge is -2.06. The van der Waals surface area contributed by atoms with Gasteiger partial charge >= 0.3 is 0 Å². The molecule has 2 aromatic carbocycles. The number of nitrogens with one attached hydrogen (secondary N) is 1. The van der Waals surface area contributed by atoms with Crippen molar-refractivity contribution in [1.82, 2.24) is 5.32 Å². The van der Waals surface area contributed by atoms with Crippen molar-refractivity contribution in [3.8, 4) is 0 Å². The third kappa shape index (κ3) is 4.37. The molecule has 3 nitrogen and oxygen atoms in total. The van der Waals surface area contributed by atoms with E-state index in [0.29, 0.717) is 18.0 Å². The zero-order chi connectivity index (χ0) is 14.4. The number of amides is 1. The molecule has 0 aliphatic rings. The van der Waals surface area contributed by atoms with Gasteiger partial charge in [0.2, 0.25) is 5.91 Å². The predicted octanol–water partition coefficient (Wildman–Crippen LogP) is 2.69. The largest absolute Gasteiger partial charge is 0.392 e. The Morgan fingerprint density at radius 3 is 2.10 bits per heavy atom. The van der Waals surface area contributed by atoms with Crippen molar-refractivity contribution < 1.29 is 9.90 Å². The zero-order valence-electron chi connectivity index (χ0n) is 11.0. The van der Waals surface area contributed by atoms with Gasteiger partial charge in [-0.05, 0) is 28.8 Å². The molecule has 2 aromatic rings. The third-order valence-electron chi connectivity index (χ3n) is 2.97. The number of hydrogen-bond donors (Lipinski definition) is 2. The molecule has 0 bridgehead atoms. The molecule has 2 rings (SSSR count). The summed E-state index contributed by atoms with van der Waals surface area (Å²) in [5.74, 6) is -0.0291. The molecular formula is C16H16ClNO2. The highest BCUT2D eigenvalue weighted by molar-refractivity contribution is 6.30. The first-order chi connectivity index (χ1) is 9.67. The molecule has 0 atom stereocenters. The maximum atomic E-state index is 11.8. The Hall–Kier alpha value is -1.84. The van der Waals surface area contributed by atoms with Crippen LogP contribution in [0.1, 0.15) is 16.7 Å². The van der Waals surface area contributed by atoms with Gasteiger partial charge in [0, 0.05) is 11.6 Å². The minimum absolute atomic E-state index is 0.0291. The lowest BCUT2D eigenvalue weighted by Crippen LogP contribution is -2.24. The Kier molecular flexibility index (Phi) is 5.16. The third-order valence-corrected chi connectivity index (χ3v) is 3.23. The highest BCUT2D eigenvalue weighted by atomic mass is 35.5. The highest BCUT2D eigenvalue weighted by Gasteiger charge is 2.03. The van der Waals surface area contributed by atoms with Crippen LogP contribution in [0.5, 0.6) is 0 Å². The molecule has 0 radical (unpaired) electrons. The first-order valence-corrected chi connectivity index (χ1v) is 6.75. The Labute approximate surface area is 123 Å². The van der Waals surface area contributed by atoms with E-state index in [4.69, 9.17) is 16.7 Å². The lowest BCUT2D eigenvalue weighted by atomic mass is 10.1. The number of aliphatic hydroxyl groups excluding tert-OH is 1. The average Bonchev–Trinajstić information content (AvgIpc) is 2.48. The Morgan fingerprint density at radius 1 is 0.950 bits per heavy atom. The molecular weight excluding hydrogens is 274 g/mol. The number of halogens is 1. The molecule has 104 valence electrons. The fourth-order valence-corrected chi connectivity index (χ4v) is 1.94. The van der Waals surface area contributed by atoms with E-state index in [2.05, 4.69) is 5.32 Å². The molecule has 0 saturated carbocycles. The normalized spacial score (nSPS) is 10.3. The topological polar surface area (TPSA) is 49.3 Å². The van der Waals surface area contributed by atoms with E-state index in [1.54, 1.807) is 12.1 Å². The van der Waals surface area contributed by atoms with Crippen molar-refractivity contribution in [3.05, 3.63) is 70.2 Å². The van der Waals surface area contributed by atoms with Crippen molar-refractivity contribution in [3.63, 3.8) is 0 Å². The summed E-state index contributed by atoms with van der Waals surface area (Å²) in [6, 6.07) is 14.7. The minimum atomic E-state index is -0.0291. The van der Waals surface area contributed by atoms with Crippen LogP contribution in [0.3, 0.4) is 0 Å². The molecule has 0 aliphatic carbocycles. The summed E-state index contributed by atoms with van der Waals surface area (Å²) in [5, 5.41) is 12.5. The number of rotatable bonds is 5. The van der Waals surface area contributed by atoms with Gasteiger partial charge in [-0.2, -0.15) is 0 Å². The highest BCUT2D eigenvalue weighted by Crippen LogP contribution is 2.10. The van der Waals surface area contributed by atoms with Crippen molar-refractivity contribution in [2.24, 2.45) is 0 Å². The molecule has 2 N–H and O–H groups in total. The fourth-order valence-electron chi connectivity index (χ4n) is 1.81. The van der Waals surface area contributed by atoms with Crippen LogP contribution in [0.2, 0.25) is 5.02 Å². The molecule has 4 heteroatoms. The van der Waals surface area contributed by atoms with E-state index in [-0.39, 0.29) is 12.5 Å². The van der Waals surface area contributed by atoms with Gasteiger partial charge < -0.3 is 10.4 Å². The summed E-state index contributed by atoms with van der Waals surface area (Å²) in [6.45, 7) is 0.515. The Balaban J connectivity index is 1.83. The first kappa shape index (κ1) is 14.6. The minimum Gasteiger partial charge on any atom is -0.392 e. The van der Waals surface area contributed by atoms with Gasteiger partial charge in [-0.15, -0.1) is 0 Å². The van der Waals surface area contributed by atoms with Crippen LogP contribution in [-0.2, 0) is 24.4 Å². The molecule has 1 amide bonds. The van der Waals surface area contributed by atoms with Gasteiger partial charge in [0.25, 0.3) is 0 Å². The monoisotopic (exact) mass is 289 g/mol. The number of hydrogen-bond acceptors (Lipinski definition) is 2. The van der Waals surface area contributed by atoms with Gasteiger partial charge in [0.1, 0.15) is 0 Å². The summed E-state index contributed by atoms with van der Waals surface area (Å²) in [6.07, 6.45) is 0.339. The summed E-state index contributed by atoms with van der Waals surface area (Å²) >= 11 is 5.80. The summed E-state index contributed by atoms with van der Waals surface area (Å²) in [7, 11) is 0. The second-order valence-electron chi connectivity index (χ2n) is 4.55. The standard InChI is InChI=1S/C16H16ClNO2/c17-15-7-5-12(6-8-15)9-16(20)18-10-13-1-3-14(11-19)4-2-13/h1-8,19H,9-11H2,(H,18,20). The fraction of sp³-hybridized carbons (Fsp3) is 0.188. The van der Waals surface area contributed by atoms with Gasteiger partial charge in [-0.3, -0.25) is 4.79 Å². The van der Waals surface area contributed by atoms with E-state index in [0.717, 1.165) is 16.7 Å². The van der Waals surface area contributed by atoms with Gasteiger partial charge in [-0.25, -0.2) is 0 Å². The van der Waals surface area contributed by atoms with Crippen LogP contribution >= 0.6 is 11.6 Å². The van der Waals surface area contributed by atoms with Gasteiger partial charge in [-0.1, -0.05) is 48.0 Å². The summed E-state index contributed by atoms with van der Waals surface area (Å²) < 4.78 is 0. The second kappa shape index (κ2) is 7.08. The molecule has 0 fully saturated rings. The van der Waals surface area contributed by atoms with E-state index in [1.165, 1.54) is 0 Å². The molecule has 0 heterocycles. The molecule has 0 aromatic heterocycles. The molecule has 0 unspecified atom stereocenters. The predicted molar refractivity (Wildman–Crippen MR) is 79.4 cm³/mol. The number of carbonyl (C=O) groups is 1. The smallest absolute Gasteiger partial charge is 0.224 e. The van der Waals surface area contributed by atoms with Crippen molar-refractivity contribution in [1.29, 1.82) is 0 Å². The van der Waals surface area contributed by atoms with Gasteiger partial charge in [0.05, 0.1) is 13.0 Å². The molecule has 0 aliphatic heterocycles. The number of carbonyl (C=O) groups excluding carboxylic acids is 1. The molecule has 0 saturated heterocycles. The van der Waals surface area contributed by atoms with Crippen molar-refractivity contribution in [2.75, 3.05) is 0 Å². The average molecular weight is 290 g/mol. The SMILES string of the molecule is O=C(Cc1ccc(Cl)cc1)NCc1ccc(CO)cc1. The van der Waals surface area contributed by atoms with E-state index in [1.807, 2.05) is 36.4 Å². The second-order valence-corrected chi connectivity index (χ2v) is 4.99. The van der Waals surface area contributed by atoms with Crippen LogP contribution in [-0.4, -0.2) is 11.0 Å². The van der Waals surface area contributed by atoms with Crippen molar-refractivity contribution >= 4 is 17.5 Å². The van der Waals surface area contributed by atoms with Gasteiger partial charge in [0.15, 0.2) is 0 Å². The van der Waals surface area contributed by atoms with Crippen molar-refractivity contribution in [2.45, 2.75) is 19.6 Å². The van der Waals surface area contributed by atoms with E-state index in [9.17, 15) is 4.79 Å². The molecule has 20 heavy (non-hydrogen) atoms.